The van der Waals surface area contributed by atoms with Crippen LogP contribution in [0.4, 0.5) is 11.4 Å². The zero-order chi connectivity index (χ0) is 15.4. The summed E-state index contributed by atoms with van der Waals surface area (Å²) in [5.74, 6) is 1.09. The highest BCUT2D eigenvalue weighted by Crippen LogP contribution is 2.25. The maximum absolute atomic E-state index is 11.9. The van der Waals surface area contributed by atoms with E-state index < -0.39 is 0 Å². The topological polar surface area (TPSA) is 58.8 Å². The third kappa shape index (κ3) is 3.88. The maximum atomic E-state index is 11.9. The summed E-state index contributed by atoms with van der Waals surface area (Å²) in [4.78, 5) is 16.6. The average molecular weight is 290 g/mol. The number of hydrogen-bond acceptors (Lipinski definition) is 5. The number of ether oxygens (including phenoxy) is 1. The third-order valence-electron chi connectivity index (χ3n) is 3.68. The Balaban J connectivity index is 2.11. The molecule has 115 valence electrons. The maximum Gasteiger partial charge on any atom is 0.340 e. The molecule has 1 heterocycles. The molecule has 1 aliphatic rings. The highest BCUT2D eigenvalue weighted by atomic mass is 16.5. The summed E-state index contributed by atoms with van der Waals surface area (Å²) in [5.41, 5.74) is 7.82. The molecule has 21 heavy (non-hydrogen) atoms. The van der Waals surface area contributed by atoms with E-state index in [9.17, 15) is 4.79 Å². The quantitative estimate of drug-likeness (QED) is 0.677. The summed E-state index contributed by atoms with van der Waals surface area (Å²) in [6.07, 6.45) is 0. The summed E-state index contributed by atoms with van der Waals surface area (Å²) in [6, 6.07) is 5.43. The monoisotopic (exact) mass is 290 g/mol. The minimum atomic E-state index is -0.336. The van der Waals surface area contributed by atoms with Gasteiger partial charge in [-0.1, -0.05) is 13.8 Å². The van der Waals surface area contributed by atoms with Gasteiger partial charge in [0.2, 0.25) is 0 Å². The summed E-state index contributed by atoms with van der Waals surface area (Å²) in [6.45, 7) is 9.15. The molecule has 0 bridgehead atoms. The van der Waals surface area contributed by atoms with Crippen LogP contribution in [0.2, 0.25) is 0 Å². The minimum absolute atomic E-state index is 0.336. The lowest BCUT2D eigenvalue weighted by molar-refractivity contribution is 0.0601. The second-order valence-corrected chi connectivity index (χ2v) is 5.74. The van der Waals surface area contributed by atoms with Crippen LogP contribution in [0.25, 0.3) is 0 Å². The molecule has 0 aromatic heterocycles. The Morgan fingerprint density at radius 3 is 2.48 bits per heavy atom. The van der Waals surface area contributed by atoms with Crippen LogP contribution in [0.5, 0.6) is 0 Å². The van der Waals surface area contributed by atoms with E-state index >= 15 is 0 Å². The Labute approximate surface area is 126 Å². The van der Waals surface area contributed by atoms with Crippen LogP contribution in [-0.4, -0.2) is 50.7 Å². The van der Waals surface area contributed by atoms with Gasteiger partial charge in [-0.05, 0) is 24.1 Å². The molecule has 1 aromatic rings. The van der Waals surface area contributed by atoms with Crippen LogP contribution in [0.15, 0.2) is 18.2 Å². The van der Waals surface area contributed by atoms with Crippen molar-refractivity contribution in [2.24, 2.45) is 0 Å². The first-order valence-electron chi connectivity index (χ1n) is 7.25. The van der Waals surface area contributed by atoms with Gasteiger partial charge in [0.25, 0.3) is 0 Å². The fourth-order valence-corrected chi connectivity index (χ4v) is 2.70. The van der Waals surface area contributed by atoms with E-state index in [2.05, 4.69) is 23.6 Å². The number of carbonyl (C=O) groups excluding carboxylic acids is 1. The van der Waals surface area contributed by atoms with Gasteiger partial charge in [-0.15, -0.1) is 0 Å². The number of esters is 1. The van der Waals surface area contributed by atoms with E-state index in [1.54, 1.807) is 6.07 Å². The van der Waals surface area contributed by atoms with Crippen molar-refractivity contribution in [3.05, 3.63) is 29.7 Å². The number of piperazine rings is 1. The lowest BCUT2D eigenvalue weighted by Crippen LogP contribution is -2.47. The number of anilines is 2. The predicted octanol–water partition coefficient (Wildman–Crippen LogP) is 1.79. The molecule has 1 radical (unpaired) electrons. The molecule has 1 aromatic carbocycles. The lowest BCUT2D eigenvalue weighted by Gasteiger charge is -2.37. The fraction of sp³-hybridized carbons (Fsp3) is 0.500. The van der Waals surface area contributed by atoms with Crippen LogP contribution < -0.4 is 10.6 Å². The van der Waals surface area contributed by atoms with E-state index in [1.165, 1.54) is 13.0 Å². The first-order chi connectivity index (χ1) is 10.0. The predicted molar refractivity (Wildman–Crippen MR) is 85.4 cm³/mol. The van der Waals surface area contributed by atoms with E-state index in [0.717, 1.165) is 38.4 Å². The van der Waals surface area contributed by atoms with E-state index in [0.29, 0.717) is 11.3 Å². The molecule has 0 atom stereocenters. The fourth-order valence-electron chi connectivity index (χ4n) is 2.70. The van der Waals surface area contributed by atoms with Crippen molar-refractivity contribution in [2.45, 2.75) is 13.8 Å². The Morgan fingerprint density at radius 1 is 1.24 bits per heavy atom. The molecule has 0 aliphatic carbocycles. The molecule has 5 heteroatoms. The van der Waals surface area contributed by atoms with Crippen molar-refractivity contribution >= 4 is 17.3 Å². The molecule has 2 rings (SSSR count). The van der Waals surface area contributed by atoms with Crippen LogP contribution in [0.1, 0.15) is 24.2 Å². The Kier molecular flexibility index (Phi) is 5.07. The van der Waals surface area contributed by atoms with Gasteiger partial charge in [0.15, 0.2) is 0 Å². The van der Waals surface area contributed by atoms with E-state index in [1.807, 2.05) is 12.1 Å². The summed E-state index contributed by atoms with van der Waals surface area (Å²) >= 11 is 0. The van der Waals surface area contributed by atoms with Gasteiger partial charge < -0.3 is 15.4 Å². The number of methoxy groups -OCH3 is 1. The molecule has 0 spiro atoms. The first-order valence-corrected chi connectivity index (χ1v) is 7.25. The van der Waals surface area contributed by atoms with E-state index in [4.69, 9.17) is 10.5 Å². The van der Waals surface area contributed by atoms with Crippen LogP contribution >= 0.6 is 0 Å². The number of nitrogens with two attached hydrogens (primary N) is 1. The molecular weight excluding hydrogens is 266 g/mol. The number of carbonyl (C=O) groups is 1. The normalized spacial score (nSPS) is 16.3. The van der Waals surface area contributed by atoms with Gasteiger partial charge in [-0.25, -0.2) is 4.79 Å². The van der Waals surface area contributed by atoms with Crippen LogP contribution in [0, 0.1) is 5.92 Å². The Hall–Kier alpha value is -1.75. The molecular formula is C16H24N3O2. The Bertz CT molecular complexity index is 494. The number of nitrogen functional groups attached to an aromatic ring is 1. The standard InChI is InChI=1S/C16H24N3O2/c1-12(2)11-18-6-8-19(9-7-18)15-5-4-13(17)10-14(15)16(20)21-3/h4-5,10H,6-9,11,17H2,1-3H3. The number of rotatable bonds is 4. The van der Waals surface area contributed by atoms with Gasteiger partial charge in [0.1, 0.15) is 0 Å². The van der Waals surface area contributed by atoms with Crippen molar-refractivity contribution in [3.8, 4) is 0 Å². The van der Waals surface area contributed by atoms with Crippen molar-refractivity contribution < 1.29 is 9.53 Å². The number of hydrogen-bond donors (Lipinski definition) is 1. The molecule has 1 aliphatic heterocycles. The van der Waals surface area contributed by atoms with Crippen molar-refractivity contribution in [3.63, 3.8) is 0 Å². The smallest absolute Gasteiger partial charge is 0.340 e. The van der Waals surface area contributed by atoms with Crippen molar-refractivity contribution in [1.82, 2.24) is 4.90 Å². The SMILES string of the molecule is COC(=O)c1cc(N)ccc1N1CCN(C[C](C)C)CC1. The summed E-state index contributed by atoms with van der Waals surface area (Å²) in [7, 11) is 1.40. The summed E-state index contributed by atoms with van der Waals surface area (Å²) in [5, 5.41) is 0. The molecule has 1 saturated heterocycles. The lowest BCUT2D eigenvalue weighted by atomic mass is 10.1. The van der Waals surface area contributed by atoms with Crippen molar-refractivity contribution in [2.75, 3.05) is 50.5 Å². The third-order valence-corrected chi connectivity index (χ3v) is 3.68. The van der Waals surface area contributed by atoms with Crippen molar-refractivity contribution in [1.29, 1.82) is 0 Å². The zero-order valence-electron chi connectivity index (χ0n) is 13.1. The second kappa shape index (κ2) is 6.80. The Morgan fingerprint density at radius 2 is 1.90 bits per heavy atom. The number of nitrogens with zero attached hydrogens (tertiary/aromatic N) is 2. The zero-order valence-corrected chi connectivity index (χ0v) is 13.1. The first kappa shape index (κ1) is 15.6. The minimum Gasteiger partial charge on any atom is -0.465 e. The molecule has 0 amide bonds. The largest absolute Gasteiger partial charge is 0.465 e. The summed E-state index contributed by atoms with van der Waals surface area (Å²) < 4.78 is 4.86. The molecule has 1 fully saturated rings. The van der Waals surface area contributed by atoms with Crippen LogP contribution in [-0.2, 0) is 4.74 Å². The molecule has 0 saturated carbocycles. The highest BCUT2D eigenvalue weighted by molar-refractivity contribution is 5.97. The van der Waals surface area contributed by atoms with E-state index in [-0.39, 0.29) is 5.97 Å². The van der Waals surface area contributed by atoms with Gasteiger partial charge in [0.05, 0.1) is 18.4 Å². The van der Waals surface area contributed by atoms with Gasteiger partial charge in [-0.3, -0.25) is 4.90 Å². The highest BCUT2D eigenvalue weighted by Gasteiger charge is 2.22. The molecule has 5 nitrogen and oxygen atoms in total. The van der Waals surface area contributed by atoms with Gasteiger partial charge in [0, 0.05) is 38.4 Å². The molecule has 2 N–H and O–H groups in total. The van der Waals surface area contributed by atoms with Gasteiger partial charge in [-0.2, -0.15) is 0 Å². The average Bonchev–Trinajstić information content (AvgIpc) is 2.47. The number of benzene rings is 1. The molecule has 0 unspecified atom stereocenters. The van der Waals surface area contributed by atoms with Gasteiger partial charge >= 0.3 is 5.97 Å². The second-order valence-electron chi connectivity index (χ2n) is 5.74. The van der Waals surface area contributed by atoms with Crippen LogP contribution in [0.3, 0.4) is 0 Å².